The third kappa shape index (κ3) is 1.93. The molecule has 3 rings (SSSR count). The van der Waals surface area contributed by atoms with Crippen molar-refractivity contribution in [1.82, 2.24) is 0 Å². The van der Waals surface area contributed by atoms with Crippen molar-refractivity contribution in [3.05, 3.63) is 11.6 Å². The van der Waals surface area contributed by atoms with E-state index in [1.54, 1.807) is 0 Å². The Balaban J connectivity index is 1.57. The topological polar surface area (TPSA) is 25.1 Å². The summed E-state index contributed by atoms with van der Waals surface area (Å²) in [6, 6.07) is 0. The van der Waals surface area contributed by atoms with Crippen molar-refractivity contribution in [2.45, 2.75) is 63.8 Å². The fourth-order valence-corrected chi connectivity index (χ4v) is 3.20. The third-order valence-corrected chi connectivity index (χ3v) is 4.33. The van der Waals surface area contributed by atoms with Crippen molar-refractivity contribution < 1.29 is 9.47 Å². The van der Waals surface area contributed by atoms with Crippen molar-refractivity contribution in [1.29, 1.82) is 0 Å². The van der Waals surface area contributed by atoms with E-state index in [1.165, 1.54) is 31.3 Å². The molecular weight excluding hydrogens is 200 g/mol. The summed E-state index contributed by atoms with van der Waals surface area (Å²) in [4.78, 5) is 0. The van der Waals surface area contributed by atoms with E-state index in [9.17, 15) is 0 Å². The minimum Gasteiger partial charge on any atom is -0.369 e. The number of rotatable bonds is 3. The molecule has 2 saturated heterocycles. The van der Waals surface area contributed by atoms with E-state index in [2.05, 4.69) is 19.9 Å². The Bertz CT molecular complexity index is 300. The fraction of sp³-hybridized carbons (Fsp3) is 0.857. The second kappa shape index (κ2) is 3.85. The largest absolute Gasteiger partial charge is 0.369 e. The highest BCUT2D eigenvalue weighted by Gasteiger charge is 2.60. The van der Waals surface area contributed by atoms with Crippen LogP contribution in [0.1, 0.15) is 46.0 Å². The first kappa shape index (κ1) is 10.8. The van der Waals surface area contributed by atoms with E-state index in [-0.39, 0.29) is 5.60 Å². The van der Waals surface area contributed by atoms with Gasteiger partial charge in [0.15, 0.2) is 0 Å². The maximum Gasteiger partial charge on any atom is 0.0970 e. The molecule has 1 spiro atoms. The monoisotopic (exact) mass is 222 g/mol. The molecule has 4 atom stereocenters. The van der Waals surface area contributed by atoms with Gasteiger partial charge in [-0.3, -0.25) is 0 Å². The Morgan fingerprint density at radius 2 is 2.19 bits per heavy atom. The van der Waals surface area contributed by atoms with E-state index in [4.69, 9.17) is 9.47 Å². The van der Waals surface area contributed by atoms with Crippen molar-refractivity contribution >= 4 is 0 Å². The van der Waals surface area contributed by atoms with Gasteiger partial charge in [0.25, 0.3) is 0 Å². The highest BCUT2D eigenvalue weighted by Crippen LogP contribution is 2.52. The lowest BCUT2D eigenvalue weighted by atomic mass is 9.76. The van der Waals surface area contributed by atoms with Crippen molar-refractivity contribution in [2.75, 3.05) is 6.61 Å². The molecular formula is C14H22O2. The highest BCUT2D eigenvalue weighted by atomic mass is 16.6. The molecule has 2 heteroatoms. The van der Waals surface area contributed by atoms with E-state index >= 15 is 0 Å². The summed E-state index contributed by atoms with van der Waals surface area (Å²) in [5.74, 6) is 0.691. The number of hydrogen-bond acceptors (Lipinski definition) is 2. The predicted molar refractivity (Wildman–Crippen MR) is 63.4 cm³/mol. The molecule has 1 saturated carbocycles. The molecule has 0 aromatic heterocycles. The molecule has 90 valence electrons. The molecule has 3 fully saturated rings. The first-order chi connectivity index (χ1) is 7.71. The summed E-state index contributed by atoms with van der Waals surface area (Å²) in [6.07, 6.45) is 9.68. The van der Waals surface area contributed by atoms with Crippen LogP contribution in [0.2, 0.25) is 0 Å². The van der Waals surface area contributed by atoms with Gasteiger partial charge in [-0.15, -0.1) is 0 Å². The van der Waals surface area contributed by atoms with Gasteiger partial charge >= 0.3 is 0 Å². The lowest BCUT2D eigenvalue weighted by Crippen LogP contribution is -2.33. The first-order valence-electron chi connectivity index (χ1n) is 6.64. The van der Waals surface area contributed by atoms with Crippen LogP contribution in [0.4, 0.5) is 0 Å². The average Bonchev–Trinajstić information content (AvgIpc) is 3.14. The van der Waals surface area contributed by atoms with Crippen LogP contribution in [0.25, 0.3) is 0 Å². The maximum absolute atomic E-state index is 5.86. The number of allylic oxidation sites excluding steroid dienone is 1. The second-order valence-corrected chi connectivity index (χ2v) is 5.86. The van der Waals surface area contributed by atoms with E-state index in [0.717, 1.165) is 13.0 Å². The zero-order valence-electron chi connectivity index (χ0n) is 10.4. The van der Waals surface area contributed by atoms with Crippen LogP contribution in [0.15, 0.2) is 11.6 Å². The number of hydrogen-bond donors (Lipinski definition) is 0. The molecule has 3 unspecified atom stereocenters. The third-order valence-electron chi connectivity index (χ3n) is 4.33. The van der Waals surface area contributed by atoms with Gasteiger partial charge < -0.3 is 9.47 Å². The van der Waals surface area contributed by atoms with Gasteiger partial charge in [0, 0.05) is 5.92 Å². The molecule has 0 amide bonds. The van der Waals surface area contributed by atoms with Gasteiger partial charge in [0.1, 0.15) is 0 Å². The van der Waals surface area contributed by atoms with Gasteiger partial charge in [0.2, 0.25) is 0 Å². The Hall–Kier alpha value is -0.340. The zero-order valence-corrected chi connectivity index (χ0v) is 10.4. The smallest absolute Gasteiger partial charge is 0.0970 e. The number of epoxide rings is 2. The van der Waals surface area contributed by atoms with Gasteiger partial charge in [-0.1, -0.05) is 24.5 Å². The van der Waals surface area contributed by atoms with E-state index in [1.807, 2.05) is 0 Å². The zero-order chi connectivity index (χ0) is 11.2. The van der Waals surface area contributed by atoms with E-state index < -0.39 is 0 Å². The van der Waals surface area contributed by atoms with Crippen LogP contribution in [0, 0.1) is 5.92 Å². The Kier molecular flexibility index (Phi) is 2.60. The quantitative estimate of drug-likeness (QED) is 0.541. The standard InChI is InChI=1S/C14H22O2/c1-10(2)6-7-12-13(16-12)11-5-3-4-8-14(11)9-15-14/h6,11-13H,3-5,7-9H2,1-2H3/t11?,12?,13?,14-/m0/s1. The summed E-state index contributed by atoms with van der Waals surface area (Å²) >= 11 is 0. The van der Waals surface area contributed by atoms with Crippen LogP contribution >= 0.6 is 0 Å². The highest BCUT2D eigenvalue weighted by molar-refractivity contribution is 5.10. The van der Waals surface area contributed by atoms with Gasteiger partial charge in [-0.25, -0.2) is 0 Å². The Morgan fingerprint density at radius 1 is 1.38 bits per heavy atom. The normalized spacial score (nSPS) is 45.5. The molecule has 0 radical (unpaired) electrons. The van der Waals surface area contributed by atoms with Gasteiger partial charge in [0.05, 0.1) is 24.4 Å². The van der Waals surface area contributed by atoms with Crippen LogP contribution in [-0.4, -0.2) is 24.4 Å². The molecule has 2 nitrogen and oxygen atoms in total. The molecule has 0 aromatic carbocycles. The average molecular weight is 222 g/mol. The summed E-state index contributed by atoms with van der Waals surface area (Å²) in [7, 11) is 0. The minimum absolute atomic E-state index is 0.253. The molecule has 0 aromatic rings. The molecule has 16 heavy (non-hydrogen) atoms. The Labute approximate surface area is 98.0 Å². The predicted octanol–water partition coefficient (Wildman–Crippen LogP) is 3.07. The summed E-state index contributed by atoms with van der Waals surface area (Å²) in [6.45, 7) is 5.31. The van der Waals surface area contributed by atoms with Crippen LogP contribution < -0.4 is 0 Å². The molecule has 2 aliphatic heterocycles. The fourth-order valence-electron chi connectivity index (χ4n) is 3.20. The minimum atomic E-state index is 0.253. The summed E-state index contributed by atoms with van der Waals surface area (Å²) in [5, 5.41) is 0. The summed E-state index contributed by atoms with van der Waals surface area (Å²) < 4.78 is 11.6. The van der Waals surface area contributed by atoms with Crippen molar-refractivity contribution in [3.63, 3.8) is 0 Å². The van der Waals surface area contributed by atoms with E-state index in [0.29, 0.717) is 18.1 Å². The van der Waals surface area contributed by atoms with Gasteiger partial charge in [-0.2, -0.15) is 0 Å². The maximum atomic E-state index is 5.86. The lowest BCUT2D eigenvalue weighted by molar-refractivity contribution is 0.130. The van der Waals surface area contributed by atoms with Crippen LogP contribution in [-0.2, 0) is 9.47 Å². The lowest BCUT2D eigenvalue weighted by Gasteiger charge is -2.27. The first-order valence-corrected chi connectivity index (χ1v) is 6.64. The molecule has 3 aliphatic rings. The second-order valence-electron chi connectivity index (χ2n) is 5.86. The van der Waals surface area contributed by atoms with Crippen LogP contribution in [0.5, 0.6) is 0 Å². The molecule has 2 heterocycles. The SMILES string of the molecule is CC(C)=CCC1OC1C1CCCC[C@]12CO2. The number of ether oxygens (including phenoxy) is 2. The van der Waals surface area contributed by atoms with Gasteiger partial charge in [-0.05, 0) is 33.1 Å². The van der Waals surface area contributed by atoms with Crippen molar-refractivity contribution in [3.8, 4) is 0 Å². The molecule has 0 N–H and O–H groups in total. The molecule has 1 aliphatic carbocycles. The van der Waals surface area contributed by atoms with Crippen LogP contribution in [0.3, 0.4) is 0 Å². The summed E-state index contributed by atoms with van der Waals surface area (Å²) in [5.41, 5.74) is 1.65. The molecule has 0 bridgehead atoms. The Morgan fingerprint density at radius 3 is 2.88 bits per heavy atom. The van der Waals surface area contributed by atoms with Crippen molar-refractivity contribution in [2.24, 2.45) is 5.92 Å².